The van der Waals surface area contributed by atoms with Gasteiger partial charge < -0.3 is 9.47 Å². The van der Waals surface area contributed by atoms with Gasteiger partial charge in [0, 0.05) is 12.3 Å². The molecule has 4 heteroatoms. The van der Waals surface area contributed by atoms with Crippen LogP contribution in [-0.2, 0) is 27.2 Å². The van der Waals surface area contributed by atoms with E-state index in [1.54, 1.807) is 7.11 Å². The fourth-order valence-electron chi connectivity index (χ4n) is 2.47. The summed E-state index contributed by atoms with van der Waals surface area (Å²) in [5, 5.41) is 0. The molecule has 102 valence electrons. The highest BCUT2D eigenvalue weighted by Gasteiger charge is 2.26. The number of fused-ring (bicyclic) bond motifs is 1. The lowest BCUT2D eigenvalue weighted by atomic mass is 9.93. The maximum atomic E-state index is 12.0. The van der Waals surface area contributed by atoms with Crippen LogP contribution in [0.15, 0.2) is 18.2 Å². The average Bonchev–Trinajstić information content (AvgIpc) is 2.58. The van der Waals surface area contributed by atoms with Gasteiger partial charge in [0.1, 0.15) is 11.5 Å². The third-order valence-corrected chi connectivity index (χ3v) is 3.62. The topological polar surface area (TPSA) is 52.6 Å². The van der Waals surface area contributed by atoms with Crippen LogP contribution in [0.4, 0.5) is 0 Å². The van der Waals surface area contributed by atoms with E-state index >= 15 is 0 Å². The monoisotopic (exact) mass is 262 g/mol. The number of ketones is 1. The Bertz CT molecular complexity index is 493. The van der Waals surface area contributed by atoms with E-state index in [0.29, 0.717) is 12.8 Å². The Balaban J connectivity index is 2.23. The third-order valence-electron chi connectivity index (χ3n) is 3.62. The molecular weight excluding hydrogens is 244 g/mol. The molecular formula is C15H18O4. The maximum absolute atomic E-state index is 12.0. The molecule has 0 aliphatic heterocycles. The quantitative estimate of drug-likeness (QED) is 0.617. The van der Waals surface area contributed by atoms with Crippen molar-refractivity contribution in [1.82, 2.24) is 0 Å². The molecule has 0 amide bonds. The molecule has 1 aromatic carbocycles. The number of hydrogen-bond donors (Lipinski definition) is 0. The number of methoxy groups -OCH3 is 2. The van der Waals surface area contributed by atoms with E-state index in [1.165, 1.54) is 12.7 Å². The van der Waals surface area contributed by atoms with E-state index in [-0.39, 0.29) is 24.1 Å². The van der Waals surface area contributed by atoms with Gasteiger partial charge >= 0.3 is 5.97 Å². The number of Topliss-reactive ketones (excluding diaryl/α,β-unsaturated/α-hetero) is 1. The molecule has 1 unspecified atom stereocenters. The summed E-state index contributed by atoms with van der Waals surface area (Å²) in [7, 11) is 2.97. The molecule has 0 radical (unpaired) electrons. The molecule has 2 rings (SSSR count). The number of esters is 1. The van der Waals surface area contributed by atoms with Crippen LogP contribution in [0.3, 0.4) is 0 Å². The highest BCUT2D eigenvalue weighted by Crippen LogP contribution is 2.27. The van der Waals surface area contributed by atoms with E-state index in [4.69, 9.17) is 4.74 Å². The third kappa shape index (κ3) is 3.13. The summed E-state index contributed by atoms with van der Waals surface area (Å²) in [6, 6.07) is 5.87. The minimum atomic E-state index is -0.329. The summed E-state index contributed by atoms with van der Waals surface area (Å²) < 4.78 is 9.87. The van der Waals surface area contributed by atoms with E-state index in [0.717, 1.165) is 17.7 Å². The molecule has 0 heterocycles. The van der Waals surface area contributed by atoms with Crippen LogP contribution in [0.5, 0.6) is 5.75 Å². The van der Waals surface area contributed by atoms with Crippen molar-refractivity contribution in [2.75, 3.05) is 14.2 Å². The summed E-state index contributed by atoms with van der Waals surface area (Å²) in [6.45, 7) is 0. The molecule has 0 N–H and O–H groups in total. The lowest BCUT2D eigenvalue weighted by Crippen LogP contribution is -2.20. The SMILES string of the molecule is COC(=O)CC1Cc2cc(OC)ccc2CCC1=O. The molecule has 0 saturated carbocycles. The average molecular weight is 262 g/mol. The number of carbonyl (C=O) groups excluding carboxylic acids is 2. The first-order valence-corrected chi connectivity index (χ1v) is 6.39. The van der Waals surface area contributed by atoms with Crippen LogP contribution in [0.2, 0.25) is 0 Å². The highest BCUT2D eigenvalue weighted by molar-refractivity contribution is 5.86. The number of ether oxygens (including phenoxy) is 2. The van der Waals surface area contributed by atoms with E-state index in [9.17, 15) is 9.59 Å². The van der Waals surface area contributed by atoms with Gasteiger partial charge in [0.2, 0.25) is 0 Å². The number of rotatable bonds is 3. The first-order valence-electron chi connectivity index (χ1n) is 6.39. The molecule has 19 heavy (non-hydrogen) atoms. The zero-order valence-corrected chi connectivity index (χ0v) is 11.3. The van der Waals surface area contributed by atoms with Gasteiger partial charge in [-0.05, 0) is 36.1 Å². The zero-order valence-electron chi connectivity index (χ0n) is 11.3. The maximum Gasteiger partial charge on any atom is 0.306 e. The van der Waals surface area contributed by atoms with E-state index in [1.807, 2.05) is 18.2 Å². The molecule has 0 fully saturated rings. The smallest absolute Gasteiger partial charge is 0.306 e. The number of aryl methyl sites for hydroxylation is 1. The van der Waals surface area contributed by atoms with Crippen molar-refractivity contribution in [1.29, 1.82) is 0 Å². The Morgan fingerprint density at radius 2 is 2.05 bits per heavy atom. The molecule has 1 aliphatic carbocycles. The van der Waals surface area contributed by atoms with Crippen LogP contribution in [0.1, 0.15) is 24.0 Å². The van der Waals surface area contributed by atoms with Crippen LogP contribution >= 0.6 is 0 Å². The van der Waals surface area contributed by atoms with Gasteiger partial charge in [-0.1, -0.05) is 6.07 Å². The van der Waals surface area contributed by atoms with Crippen molar-refractivity contribution in [3.8, 4) is 5.75 Å². The summed E-state index contributed by atoms with van der Waals surface area (Å²) in [5.74, 6) is 0.316. The normalized spacial score (nSPS) is 18.4. The van der Waals surface area contributed by atoms with Crippen molar-refractivity contribution < 1.29 is 19.1 Å². The Labute approximate surface area is 112 Å². The van der Waals surface area contributed by atoms with Gasteiger partial charge in [-0.15, -0.1) is 0 Å². The van der Waals surface area contributed by atoms with Crippen LogP contribution < -0.4 is 4.74 Å². The highest BCUT2D eigenvalue weighted by atomic mass is 16.5. The first-order chi connectivity index (χ1) is 9.13. The number of carbonyl (C=O) groups is 2. The van der Waals surface area contributed by atoms with Gasteiger partial charge in [-0.3, -0.25) is 9.59 Å². The minimum absolute atomic E-state index is 0.139. The zero-order chi connectivity index (χ0) is 13.8. The van der Waals surface area contributed by atoms with Crippen LogP contribution in [0, 0.1) is 5.92 Å². The molecule has 1 atom stereocenters. The Hall–Kier alpha value is -1.84. The fraction of sp³-hybridized carbons (Fsp3) is 0.467. The van der Waals surface area contributed by atoms with Gasteiger partial charge in [-0.25, -0.2) is 0 Å². The molecule has 1 aliphatic rings. The van der Waals surface area contributed by atoms with Crippen molar-refractivity contribution in [3.05, 3.63) is 29.3 Å². The van der Waals surface area contributed by atoms with E-state index in [2.05, 4.69) is 4.74 Å². The first kappa shape index (κ1) is 13.6. The van der Waals surface area contributed by atoms with Gasteiger partial charge in [-0.2, -0.15) is 0 Å². The van der Waals surface area contributed by atoms with Crippen LogP contribution in [-0.4, -0.2) is 26.0 Å². The van der Waals surface area contributed by atoms with E-state index < -0.39 is 0 Å². The van der Waals surface area contributed by atoms with Crippen molar-refractivity contribution >= 4 is 11.8 Å². The Morgan fingerprint density at radius 3 is 2.74 bits per heavy atom. The predicted octanol–water partition coefficient (Wildman–Crippen LogP) is 1.93. The summed E-state index contributed by atoms with van der Waals surface area (Å²) in [6.07, 6.45) is 1.96. The molecule has 0 saturated heterocycles. The molecule has 1 aromatic rings. The lowest BCUT2D eigenvalue weighted by Gasteiger charge is -2.13. The fourth-order valence-corrected chi connectivity index (χ4v) is 2.47. The summed E-state index contributed by atoms with van der Waals surface area (Å²) in [5.41, 5.74) is 2.26. The molecule has 0 spiro atoms. The predicted molar refractivity (Wildman–Crippen MR) is 70.1 cm³/mol. The van der Waals surface area contributed by atoms with Crippen LogP contribution in [0.25, 0.3) is 0 Å². The minimum Gasteiger partial charge on any atom is -0.497 e. The second kappa shape index (κ2) is 5.87. The summed E-state index contributed by atoms with van der Waals surface area (Å²) in [4.78, 5) is 23.4. The van der Waals surface area contributed by atoms with Crippen molar-refractivity contribution in [2.24, 2.45) is 5.92 Å². The van der Waals surface area contributed by atoms with Gasteiger partial charge in [0.05, 0.1) is 20.6 Å². The Morgan fingerprint density at radius 1 is 1.26 bits per heavy atom. The Kier molecular flexibility index (Phi) is 4.20. The second-order valence-electron chi connectivity index (χ2n) is 4.78. The lowest BCUT2D eigenvalue weighted by molar-refractivity contribution is -0.143. The van der Waals surface area contributed by atoms with Gasteiger partial charge in [0.25, 0.3) is 0 Å². The summed E-state index contributed by atoms with van der Waals surface area (Å²) >= 11 is 0. The second-order valence-corrected chi connectivity index (χ2v) is 4.78. The largest absolute Gasteiger partial charge is 0.497 e. The van der Waals surface area contributed by atoms with Crippen molar-refractivity contribution in [2.45, 2.75) is 25.7 Å². The molecule has 4 nitrogen and oxygen atoms in total. The standard InChI is InChI=1S/C15H18O4/c1-18-13-5-3-10-4-6-14(16)12(7-11(10)8-13)9-15(17)19-2/h3,5,8,12H,4,6-7,9H2,1-2H3. The number of hydrogen-bond acceptors (Lipinski definition) is 4. The molecule has 0 bridgehead atoms. The number of benzene rings is 1. The van der Waals surface area contributed by atoms with Crippen molar-refractivity contribution in [3.63, 3.8) is 0 Å². The molecule has 0 aromatic heterocycles. The van der Waals surface area contributed by atoms with Gasteiger partial charge in [0.15, 0.2) is 0 Å².